The van der Waals surface area contributed by atoms with Gasteiger partial charge in [-0.2, -0.15) is 0 Å². The zero-order valence-corrected chi connectivity index (χ0v) is 12.6. The Balaban J connectivity index is 0.000000241. The third-order valence-corrected chi connectivity index (χ3v) is 3.51. The van der Waals surface area contributed by atoms with Crippen LogP contribution in [0.25, 0.3) is 0 Å². The van der Waals surface area contributed by atoms with Gasteiger partial charge in [0.2, 0.25) is 0 Å². The Morgan fingerprint density at radius 2 is 1.61 bits per heavy atom. The fourth-order valence-electron chi connectivity index (χ4n) is 2.17. The lowest BCUT2D eigenvalue weighted by Crippen LogP contribution is -2.39. The number of hydrogen-bond acceptors (Lipinski definition) is 6. The number of aliphatic hydroxyl groups excluding tert-OH is 2. The number of piperidine rings is 1. The van der Waals surface area contributed by atoms with Gasteiger partial charge >= 0.3 is 11.9 Å². The lowest BCUT2D eigenvalue weighted by Gasteiger charge is -2.23. The van der Waals surface area contributed by atoms with Gasteiger partial charge in [0.1, 0.15) is 0 Å². The van der Waals surface area contributed by atoms with Gasteiger partial charge in [-0.05, 0) is 43.0 Å². The first-order valence-corrected chi connectivity index (χ1v) is 7.20. The molecule has 0 aliphatic carbocycles. The molecule has 1 heterocycles. The van der Waals surface area contributed by atoms with Crippen LogP contribution in [0.2, 0.25) is 0 Å². The highest BCUT2D eigenvalue weighted by atomic mass is 16.4. The smallest absolute Gasteiger partial charge is 0.335 e. The van der Waals surface area contributed by atoms with Crippen molar-refractivity contribution in [2.45, 2.75) is 31.0 Å². The molecule has 1 saturated heterocycles. The van der Waals surface area contributed by atoms with Crippen molar-refractivity contribution in [2.75, 3.05) is 18.8 Å². The van der Waals surface area contributed by atoms with E-state index in [0.717, 1.165) is 12.2 Å². The van der Waals surface area contributed by atoms with E-state index in [1.807, 2.05) is 12.1 Å². The fraction of sp³-hybridized carbons (Fsp3) is 0.467. The molecule has 7 N–H and O–H groups in total. The van der Waals surface area contributed by atoms with Crippen molar-refractivity contribution in [1.29, 1.82) is 0 Å². The number of benzene rings is 1. The number of rotatable bonds is 4. The van der Waals surface area contributed by atoms with Gasteiger partial charge in [0.05, 0.1) is 0 Å². The SMILES string of the molecule is Nc1ccc([C@@H]2CCCNC2)cc1.O=C(O)[C@H](O)[C@@H](O)C(=O)O. The summed E-state index contributed by atoms with van der Waals surface area (Å²) in [5.74, 6) is -2.85. The number of hydrogen-bond donors (Lipinski definition) is 6. The van der Waals surface area contributed by atoms with Crippen LogP contribution in [0.4, 0.5) is 5.69 Å². The summed E-state index contributed by atoms with van der Waals surface area (Å²) in [6.07, 6.45) is -1.94. The van der Waals surface area contributed by atoms with Gasteiger partial charge < -0.3 is 31.5 Å². The van der Waals surface area contributed by atoms with Crippen molar-refractivity contribution in [3.05, 3.63) is 29.8 Å². The van der Waals surface area contributed by atoms with Gasteiger partial charge in [0, 0.05) is 12.2 Å². The summed E-state index contributed by atoms with van der Waals surface area (Å²) < 4.78 is 0. The highest BCUT2D eigenvalue weighted by molar-refractivity contribution is 5.83. The molecule has 0 unspecified atom stereocenters. The second-order valence-corrected chi connectivity index (χ2v) is 5.28. The van der Waals surface area contributed by atoms with E-state index in [1.54, 1.807) is 0 Å². The molecule has 2 rings (SSSR count). The average molecular weight is 326 g/mol. The summed E-state index contributed by atoms with van der Waals surface area (Å²) >= 11 is 0. The molecule has 0 bridgehead atoms. The number of aliphatic hydroxyl groups is 2. The zero-order chi connectivity index (χ0) is 17.4. The lowest BCUT2D eigenvalue weighted by molar-refractivity contribution is -0.165. The number of carboxylic acid groups (broad SMARTS) is 2. The molecule has 0 radical (unpaired) electrons. The largest absolute Gasteiger partial charge is 0.479 e. The molecular weight excluding hydrogens is 304 g/mol. The number of anilines is 1. The number of nitrogen functional groups attached to an aromatic ring is 1. The van der Waals surface area contributed by atoms with Gasteiger partial charge in [-0.3, -0.25) is 0 Å². The van der Waals surface area contributed by atoms with Crippen molar-refractivity contribution in [1.82, 2.24) is 5.32 Å². The molecule has 0 saturated carbocycles. The van der Waals surface area contributed by atoms with E-state index in [9.17, 15) is 9.59 Å². The van der Waals surface area contributed by atoms with Crippen molar-refractivity contribution in [3.8, 4) is 0 Å². The van der Waals surface area contributed by atoms with E-state index < -0.39 is 24.1 Å². The van der Waals surface area contributed by atoms with Crippen LogP contribution in [0.3, 0.4) is 0 Å². The van der Waals surface area contributed by atoms with Crippen molar-refractivity contribution in [3.63, 3.8) is 0 Å². The lowest BCUT2D eigenvalue weighted by atomic mass is 9.92. The van der Waals surface area contributed by atoms with Crippen LogP contribution < -0.4 is 11.1 Å². The van der Waals surface area contributed by atoms with Crippen LogP contribution >= 0.6 is 0 Å². The molecule has 1 aliphatic heterocycles. The van der Waals surface area contributed by atoms with Crippen LogP contribution in [0, 0.1) is 0 Å². The second kappa shape index (κ2) is 9.09. The van der Waals surface area contributed by atoms with Crippen LogP contribution in [0.1, 0.15) is 24.3 Å². The first-order valence-electron chi connectivity index (χ1n) is 7.20. The Bertz CT molecular complexity index is 495. The number of carboxylic acids is 2. The van der Waals surface area contributed by atoms with E-state index >= 15 is 0 Å². The first-order chi connectivity index (χ1) is 10.8. The monoisotopic (exact) mass is 326 g/mol. The standard InChI is InChI=1S/C11H16N2.C4H6O6/c12-11-5-3-9(4-6-11)10-2-1-7-13-8-10;5-1(3(7)8)2(6)4(9)10/h3-6,10,13H,1-2,7-8,12H2;1-2,5-6H,(H,7,8)(H,9,10)/t10-;1-,2-/m11/s1. The molecule has 1 aromatic carbocycles. The molecule has 1 fully saturated rings. The van der Waals surface area contributed by atoms with Crippen LogP contribution in [0.5, 0.6) is 0 Å². The zero-order valence-electron chi connectivity index (χ0n) is 12.6. The van der Waals surface area contributed by atoms with E-state index in [0.29, 0.717) is 5.92 Å². The summed E-state index contributed by atoms with van der Waals surface area (Å²) in [6, 6.07) is 8.27. The summed E-state index contributed by atoms with van der Waals surface area (Å²) in [4.78, 5) is 19.5. The molecule has 23 heavy (non-hydrogen) atoms. The molecule has 0 amide bonds. The van der Waals surface area contributed by atoms with Gasteiger partial charge in [0.15, 0.2) is 12.2 Å². The molecule has 0 spiro atoms. The normalized spacial score (nSPS) is 19.8. The summed E-state index contributed by atoms with van der Waals surface area (Å²) in [5.41, 5.74) is 7.91. The Morgan fingerprint density at radius 1 is 1.09 bits per heavy atom. The highest BCUT2D eigenvalue weighted by Crippen LogP contribution is 2.23. The highest BCUT2D eigenvalue weighted by Gasteiger charge is 2.29. The number of nitrogens with one attached hydrogen (secondary N) is 1. The Hall–Kier alpha value is -2.16. The molecule has 1 aliphatic rings. The molecule has 8 heteroatoms. The number of nitrogens with two attached hydrogens (primary N) is 1. The van der Waals surface area contributed by atoms with Crippen LogP contribution in [-0.2, 0) is 9.59 Å². The molecule has 3 atom stereocenters. The average Bonchev–Trinajstić information content (AvgIpc) is 2.55. The van der Waals surface area contributed by atoms with Gasteiger partial charge in [-0.15, -0.1) is 0 Å². The predicted octanol–water partition coefficient (Wildman–Crippen LogP) is -0.387. The molecule has 8 nitrogen and oxygen atoms in total. The van der Waals surface area contributed by atoms with E-state index in [1.165, 1.54) is 24.9 Å². The summed E-state index contributed by atoms with van der Waals surface area (Å²) in [5, 5.41) is 35.9. The van der Waals surface area contributed by atoms with Gasteiger partial charge in [0.25, 0.3) is 0 Å². The molecule has 128 valence electrons. The van der Waals surface area contributed by atoms with Crippen molar-refractivity contribution >= 4 is 17.6 Å². The number of aliphatic carboxylic acids is 2. The van der Waals surface area contributed by atoms with Crippen molar-refractivity contribution in [2.24, 2.45) is 0 Å². The maximum atomic E-state index is 9.77. The topological polar surface area (TPSA) is 153 Å². The van der Waals surface area contributed by atoms with Crippen molar-refractivity contribution < 1.29 is 30.0 Å². The first kappa shape index (κ1) is 18.9. The maximum Gasteiger partial charge on any atom is 0.335 e. The summed E-state index contributed by atoms with van der Waals surface area (Å²) in [7, 11) is 0. The fourth-order valence-corrected chi connectivity index (χ4v) is 2.17. The van der Waals surface area contributed by atoms with E-state index in [2.05, 4.69) is 17.4 Å². The molecule has 0 aromatic heterocycles. The summed E-state index contributed by atoms with van der Waals surface area (Å²) in [6.45, 7) is 2.29. The van der Waals surface area contributed by atoms with E-state index in [-0.39, 0.29) is 0 Å². The van der Waals surface area contributed by atoms with Crippen LogP contribution in [0.15, 0.2) is 24.3 Å². The second-order valence-electron chi connectivity index (χ2n) is 5.28. The van der Waals surface area contributed by atoms with Gasteiger partial charge in [-0.1, -0.05) is 12.1 Å². The molecular formula is C15H22N2O6. The predicted molar refractivity (Wildman–Crippen MR) is 83.0 cm³/mol. The third-order valence-electron chi connectivity index (χ3n) is 3.51. The maximum absolute atomic E-state index is 9.77. The minimum atomic E-state index is -2.27. The van der Waals surface area contributed by atoms with Gasteiger partial charge in [-0.25, -0.2) is 9.59 Å². The number of carbonyl (C=O) groups is 2. The third kappa shape index (κ3) is 6.23. The molecule has 1 aromatic rings. The Labute approximate surface area is 133 Å². The Kier molecular flexibility index (Phi) is 7.46. The quantitative estimate of drug-likeness (QED) is 0.409. The van der Waals surface area contributed by atoms with Crippen LogP contribution in [-0.4, -0.2) is 57.7 Å². The minimum absolute atomic E-state index is 0.689. The van der Waals surface area contributed by atoms with E-state index in [4.69, 9.17) is 26.2 Å². The Morgan fingerprint density at radius 3 is 2.00 bits per heavy atom. The minimum Gasteiger partial charge on any atom is -0.479 e.